The maximum atomic E-state index is 13.2. The molecule has 4 rings (SSSR count). The molecule has 0 spiro atoms. The number of methoxy groups -OCH3 is 2. The van der Waals surface area contributed by atoms with Gasteiger partial charge in [-0.1, -0.05) is 12.1 Å². The van der Waals surface area contributed by atoms with Gasteiger partial charge in [0, 0.05) is 19.5 Å². The molecule has 0 bridgehead atoms. The summed E-state index contributed by atoms with van der Waals surface area (Å²) in [6, 6.07) is 15.5. The first-order chi connectivity index (χ1) is 14.7. The Morgan fingerprint density at radius 3 is 2.20 bits per heavy atom. The molecule has 0 N–H and O–H groups in total. The number of ether oxygens (including phenoxy) is 3. The fourth-order valence-corrected chi connectivity index (χ4v) is 3.81. The average molecular weight is 409 g/mol. The molecule has 158 valence electrons. The zero-order valence-corrected chi connectivity index (χ0v) is 17.4. The first-order valence-corrected chi connectivity index (χ1v) is 10.2. The van der Waals surface area contributed by atoms with Crippen molar-refractivity contribution in [2.24, 2.45) is 5.10 Å². The number of amides is 1. The molecular formula is C23H27N3O4. The molecule has 2 aromatic rings. The maximum Gasteiger partial charge on any atom is 0.257 e. The zero-order valence-electron chi connectivity index (χ0n) is 17.4. The fraction of sp³-hybridized carbons (Fsp3) is 0.391. The third-order valence-corrected chi connectivity index (χ3v) is 5.55. The van der Waals surface area contributed by atoms with E-state index in [1.54, 1.807) is 19.2 Å². The predicted octanol–water partition coefficient (Wildman–Crippen LogP) is 2.71. The Labute approximate surface area is 176 Å². The average Bonchev–Trinajstić information content (AvgIpc) is 3.25. The van der Waals surface area contributed by atoms with E-state index in [1.807, 2.05) is 48.5 Å². The minimum atomic E-state index is -0.137. The van der Waals surface area contributed by atoms with Gasteiger partial charge in [-0.05, 0) is 47.5 Å². The number of hydrogen-bond acceptors (Lipinski definition) is 6. The van der Waals surface area contributed by atoms with Gasteiger partial charge in [0.2, 0.25) is 0 Å². The standard InChI is InChI=1S/C23H27N3O4/c1-28-19-7-3-17(4-8-19)21-15-22(18-5-9-20(29-2)10-6-18)26(24-21)23(27)16-25-11-13-30-14-12-25/h3-10,22H,11-16H2,1-2H3/t22-/m1/s1. The van der Waals surface area contributed by atoms with Crippen LogP contribution >= 0.6 is 0 Å². The Hall–Kier alpha value is -2.90. The largest absolute Gasteiger partial charge is 0.497 e. The van der Waals surface area contributed by atoms with E-state index in [0.717, 1.165) is 41.4 Å². The molecule has 7 heteroatoms. The molecule has 0 saturated carbocycles. The third-order valence-electron chi connectivity index (χ3n) is 5.55. The Kier molecular flexibility index (Phi) is 6.30. The molecule has 2 aliphatic heterocycles. The lowest BCUT2D eigenvalue weighted by Gasteiger charge is -2.29. The van der Waals surface area contributed by atoms with Crippen LogP contribution in [0.25, 0.3) is 0 Å². The molecule has 2 aromatic carbocycles. The highest BCUT2D eigenvalue weighted by Crippen LogP contribution is 2.34. The highest BCUT2D eigenvalue weighted by atomic mass is 16.5. The fourth-order valence-electron chi connectivity index (χ4n) is 3.81. The monoisotopic (exact) mass is 409 g/mol. The number of carbonyl (C=O) groups excluding carboxylic acids is 1. The number of nitrogens with zero attached hydrogens (tertiary/aromatic N) is 3. The lowest BCUT2D eigenvalue weighted by Crippen LogP contribution is -2.43. The van der Waals surface area contributed by atoms with Crippen LogP contribution in [0.1, 0.15) is 23.6 Å². The Balaban J connectivity index is 1.58. The first kappa shape index (κ1) is 20.4. The van der Waals surface area contributed by atoms with Crippen molar-refractivity contribution >= 4 is 11.6 Å². The molecule has 2 aliphatic rings. The second kappa shape index (κ2) is 9.28. The smallest absolute Gasteiger partial charge is 0.257 e. The van der Waals surface area contributed by atoms with Crippen LogP contribution in [0.4, 0.5) is 0 Å². The van der Waals surface area contributed by atoms with E-state index < -0.39 is 0 Å². The van der Waals surface area contributed by atoms with Gasteiger partial charge in [-0.15, -0.1) is 0 Å². The van der Waals surface area contributed by atoms with Gasteiger partial charge in [-0.25, -0.2) is 5.01 Å². The first-order valence-electron chi connectivity index (χ1n) is 10.2. The van der Waals surface area contributed by atoms with E-state index in [0.29, 0.717) is 26.2 Å². The maximum absolute atomic E-state index is 13.2. The van der Waals surface area contributed by atoms with Crippen LogP contribution in [0, 0.1) is 0 Å². The van der Waals surface area contributed by atoms with Crippen molar-refractivity contribution in [3.8, 4) is 11.5 Å². The Morgan fingerprint density at radius 2 is 1.60 bits per heavy atom. The molecule has 0 aliphatic carbocycles. The van der Waals surface area contributed by atoms with Gasteiger partial charge in [0.25, 0.3) is 5.91 Å². The van der Waals surface area contributed by atoms with E-state index in [1.165, 1.54) is 0 Å². The summed E-state index contributed by atoms with van der Waals surface area (Å²) in [7, 11) is 3.29. The van der Waals surface area contributed by atoms with Gasteiger partial charge in [0.15, 0.2) is 0 Å². The van der Waals surface area contributed by atoms with E-state index >= 15 is 0 Å². The normalized spacial score (nSPS) is 19.5. The molecule has 2 heterocycles. The van der Waals surface area contributed by atoms with Crippen molar-refractivity contribution in [3.05, 3.63) is 59.7 Å². The van der Waals surface area contributed by atoms with Crippen molar-refractivity contribution < 1.29 is 19.0 Å². The van der Waals surface area contributed by atoms with Gasteiger partial charge in [0.05, 0.1) is 45.7 Å². The van der Waals surface area contributed by atoms with Gasteiger partial charge in [0.1, 0.15) is 11.5 Å². The van der Waals surface area contributed by atoms with Crippen LogP contribution in [0.3, 0.4) is 0 Å². The number of rotatable bonds is 6. The highest BCUT2D eigenvalue weighted by Gasteiger charge is 2.34. The Morgan fingerprint density at radius 1 is 1.00 bits per heavy atom. The number of carbonyl (C=O) groups is 1. The molecule has 1 atom stereocenters. The van der Waals surface area contributed by atoms with Crippen molar-refractivity contribution in [2.45, 2.75) is 12.5 Å². The van der Waals surface area contributed by atoms with Gasteiger partial charge >= 0.3 is 0 Å². The van der Waals surface area contributed by atoms with Crippen LogP contribution in [-0.2, 0) is 9.53 Å². The number of hydrazone groups is 1. The van der Waals surface area contributed by atoms with Crippen molar-refractivity contribution in [3.63, 3.8) is 0 Å². The lowest BCUT2D eigenvalue weighted by atomic mass is 9.98. The van der Waals surface area contributed by atoms with E-state index in [2.05, 4.69) is 4.90 Å². The molecule has 30 heavy (non-hydrogen) atoms. The molecule has 0 aromatic heterocycles. The highest BCUT2D eigenvalue weighted by molar-refractivity contribution is 6.03. The minimum absolute atomic E-state index is 0.00114. The molecule has 0 unspecified atom stereocenters. The van der Waals surface area contributed by atoms with Gasteiger partial charge in [-0.2, -0.15) is 5.10 Å². The summed E-state index contributed by atoms with van der Waals surface area (Å²) < 4.78 is 15.9. The van der Waals surface area contributed by atoms with Crippen LogP contribution < -0.4 is 9.47 Å². The van der Waals surface area contributed by atoms with Crippen molar-refractivity contribution in [2.75, 3.05) is 47.1 Å². The molecular weight excluding hydrogens is 382 g/mol. The number of hydrogen-bond donors (Lipinski definition) is 0. The SMILES string of the molecule is COc1ccc(C2=NN(C(=O)CN3CCOCC3)[C@@H](c3ccc(OC)cc3)C2)cc1. The minimum Gasteiger partial charge on any atom is -0.497 e. The van der Waals surface area contributed by atoms with Crippen LogP contribution in [0.2, 0.25) is 0 Å². The van der Waals surface area contributed by atoms with Gasteiger partial charge < -0.3 is 14.2 Å². The van der Waals surface area contributed by atoms with Crippen LogP contribution in [0.5, 0.6) is 11.5 Å². The quantitative estimate of drug-likeness (QED) is 0.734. The Bertz CT molecular complexity index is 890. The lowest BCUT2D eigenvalue weighted by molar-refractivity contribution is -0.135. The summed E-state index contributed by atoms with van der Waals surface area (Å²) in [5, 5.41) is 6.40. The number of morpholine rings is 1. The van der Waals surface area contributed by atoms with Crippen LogP contribution in [-0.4, -0.2) is 68.6 Å². The van der Waals surface area contributed by atoms with E-state index in [9.17, 15) is 4.79 Å². The summed E-state index contributed by atoms with van der Waals surface area (Å²) in [5.74, 6) is 1.59. The van der Waals surface area contributed by atoms with E-state index in [-0.39, 0.29) is 11.9 Å². The van der Waals surface area contributed by atoms with E-state index in [4.69, 9.17) is 19.3 Å². The van der Waals surface area contributed by atoms with Crippen LogP contribution in [0.15, 0.2) is 53.6 Å². The molecule has 1 fully saturated rings. The second-order valence-electron chi connectivity index (χ2n) is 7.40. The summed E-state index contributed by atoms with van der Waals surface area (Å²) >= 11 is 0. The molecule has 1 amide bonds. The van der Waals surface area contributed by atoms with Gasteiger partial charge in [-0.3, -0.25) is 9.69 Å². The number of benzene rings is 2. The molecule has 0 radical (unpaired) electrons. The van der Waals surface area contributed by atoms with Crippen molar-refractivity contribution in [1.82, 2.24) is 9.91 Å². The topological polar surface area (TPSA) is 63.6 Å². The summed E-state index contributed by atoms with van der Waals surface area (Å²) in [6.45, 7) is 3.20. The zero-order chi connectivity index (χ0) is 20.9. The summed E-state index contributed by atoms with van der Waals surface area (Å²) in [4.78, 5) is 15.3. The third kappa shape index (κ3) is 4.47. The second-order valence-corrected chi connectivity index (χ2v) is 7.40. The summed E-state index contributed by atoms with van der Waals surface area (Å²) in [6.07, 6.45) is 0.660. The summed E-state index contributed by atoms with van der Waals surface area (Å²) in [5.41, 5.74) is 2.93. The van der Waals surface area contributed by atoms with Crippen molar-refractivity contribution in [1.29, 1.82) is 0 Å². The molecule has 7 nitrogen and oxygen atoms in total. The predicted molar refractivity (Wildman–Crippen MR) is 114 cm³/mol. The molecule has 1 saturated heterocycles.